The second kappa shape index (κ2) is 6.91. The van der Waals surface area contributed by atoms with Gasteiger partial charge in [0.25, 0.3) is 0 Å². The Balaban J connectivity index is 2.43. The van der Waals surface area contributed by atoms with E-state index in [9.17, 15) is 9.90 Å². The maximum atomic E-state index is 11.6. The van der Waals surface area contributed by atoms with E-state index in [-0.39, 0.29) is 11.7 Å². The third kappa shape index (κ3) is 4.44. The molecule has 0 radical (unpaired) electrons. The van der Waals surface area contributed by atoms with Crippen molar-refractivity contribution in [2.24, 2.45) is 0 Å². The number of rotatable bonds is 6. The molecule has 94 valence electrons. The molecule has 0 atom stereocenters. The maximum Gasteiger partial charge on any atom is 0.226 e. The lowest BCUT2D eigenvalue weighted by Crippen LogP contribution is -2.15. The molecule has 2 N–H and O–H groups in total. The molecule has 4 heteroatoms. The normalized spacial score (nSPS) is 10.2. The Morgan fingerprint density at radius 1 is 1.41 bits per heavy atom. The minimum atomic E-state index is -0.102. The molecule has 4 nitrogen and oxygen atoms in total. The Kier molecular flexibility index (Phi) is 5.49. The van der Waals surface area contributed by atoms with E-state index in [0.29, 0.717) is 30.9 Å². The number of amides is 1. The summed E-state index contributed by atoms with van der Waals surface area (Å²) in [5.41, 5.74) is 1.32. The van der Waals surface area contributed by atoms with Crippen molar-refractivity contribution in [1.29, 1.82) is 0 Å². The second-order valence-corrected chi connectivity index (χ2v) is 3.86. The molecule has 1 aromatic carbocycles. The number of nitrogens with one attached hydrogen (secondary N) is 1. The Hall–Kier alpha value is -1.55. The van der Waals surface area contributed by atoms with Crippen molar-refractivity contribution in [3.05, 3.63) is 23.8 Å². The summed E-state index contributed by atoms with van der Waals surface area (Å²) in [7, 11) is 0. The molecule has 0 bridgehead atoms. The molecule has 17 heavy (non-hydrogen) atoms. The Morgan fingerprint density at radius 2 is 2.18 bits per heavy atom. The highest BCUT2D eigenvalue weighted by Gasteiger charge is 2.06. The van der Waals surface area contributed by atoms with Crippen molar-refractivity contribution in [3.63, 3.8) is 0 Å². The lowest BCUT2D eigenvalue weighted by atomic mass is 10.2. The van der Waals surface area contributed by atoms with E-state index in [4.69, 9.17) is 4.74 Å². The van der Waals surface area contributed by atoms with Gasteiger partial charge in [0.05, 0.1) is 13.0 Å². The second-order valence-electron chi connectivity index (χ2n) is 3.86. The molecule has 0 aliphatic carbocycles. The van der Waals surface area contributed by atoms with Crippen molar-refractivity contribution in [2.75, 3.05) is 18.5 Å². The Morgan fingerprint density at radius 3 is 2.88 bits per heavy atom. The fourth-order valence-corrected chi connectivity index (χ4v) is 1.38. The van der Waals surface area contributed by atoms with E-state index in [1.807, 2.05) is 6.92 Å². The zero-order valence-corrected chi connectivity index (χ0v) is 10.3. The Bertz CT molecular complexity index is 377. The summed E-state index contributed by atoms with van der Waals surface area (Å²) in [6.45, 7) is 4.89. The minimum absolute atomic E-state index is 0.102. The molecule has 1 aromatic rings. The van der Waals surface area contributed by atoms with Gasteiger partial charge in [-0.3, -0.25) is 4.79 Å². The predicted molar refractivity (Wildman–Crippen MR) is 67.2 cm³/mol. The van der Waals surface area contributed by atoms with Gasteiger partial charge in [0.15, 0.2) is 0 Å². The highest BCUT2D eigenvalue weighted by Crippen LogP contribution is 2.23. The van der Waals surface area contributed by atoms with Crippen LogP contribution in [0.4, 0.5) is 5.69 Å². The number of phenolic OH excluding ortho intramolecular Hbond substituents is 1. The van der Waals surface area contributed by atoms with Gasteiger partial charge in [-0.05, 0) is 25.5 Å². The number of ether oxygens (including phenoxy) is 1. The zero-order valence-electron chi connectivity index (χ0n) is 10.3. The van der Waals surface area contributed by atoms with Crippen LogP contribution in [0.5, 0.6) is 5.75 Å². The van der Waals surface area contributed by atoms with Gasteiger partial charge in [-0.1, -0.05) is 13.0 Å². The standard InChI is InChI=1S/C13H19NO3/c1-3-8-17-9-7-13(16)14-11-5-4-6-12(15)10(11)2/h4-6,15H,3,7-9H2,1-2H3,(H,14,16). The van der Waals surface area contributed by atoms with Crippen LogP contribution in [-0.2, 0) is 9.53 Å². The first-order valence-electron chi connectivity index (χ1n) is 5.81. The molecule has 0 fully saturated rings. The van der Waals surface area contributed by atoms with Crippen LogP contribution in [-0.4, -0.2) is 24.2 Å². The zero-order chi connectivity index (χ0) is 12.7. The molecular formula is C13H19NO3. The monoisotopic (exact) mass is 237 g/mol. The molecule has 1 amide bonds. The number of phenols is 1. The van der Waals surface area contributed by atoms with Crippen molar-refractivity contribution >= 4 is 11.6 Å². The van der Waals surface area contributed by atoms with E-state index in [1.165, 1.54) is 0 Å². The lowest BCUT2D eigenvalue weighted by molar-refractivity contribution is -0.117. The number of benzene rings is 1. The third-order valence-electron chi connectivity index (χ3n) is 2.40. The van der Waals surface area contributed by atoms with Crippen LogP contribution in [0, 0.1) is 6.92 Å². The van der Waals surface area contributed by atoms with Gasteiger partial charge >= 0.3 is 0 Å². The first-order valence-corrected chi connectivity index (χ1v) is 5.81. The summed E-state index contributed by atoms with van der Waals surface area (Å²) in [5.74, 6) is 0.0832. The lowest BCUT2D eigenvalue weighted by Gasteiger charge is -2.09. The quantitative estimate of drug-likeness (QED) is 0.747. The van der Waals surface area contributed by atoms with Crippen LogP contribution in [0.1, 0.15) is 25.3 Å². The van der Waals surface area contributed by atoms with E-state index in [0.717, 1.165) is 6.42 Å². The highest BCUT2D eigenvalue weighted by molar-refractivity contribution is 5.91. The number of carbonyl (C=O) groups is 1. The SMILES string of the molecule is CCCOCCC(=O)Nc1cccc(O)c1C. The average molecular weight is 237 g/mol. The summed E-state index contributed by atoms with van der Waals surface area (Å²) in [6.07, 6.45) is 1.28. The largest absolute Gasteiger partial charge is 0.508 e. The fraction of sp³-hybridized carbons (Fsp3) is 0.462. The fourth-order valence-electron chi connectivity index (χ4n) is 1.38. The summed E-state index contributed by atoms with van der Waals surface area (Å²) < 4.78 is 5.23. The Labute approximate surface area is 102 Å². The van der Waals surface area contributed by atoms with Gasteiger partial charge in [0, 0.05) is 17.9 Å². The van der Waals surface area contributed by atoms with Gasteiger partial charge in [-0.15, -0.1) is 0 Å². The average Bonchev–Trinajstić information content (AvgIpc) is 2.31. The number of carbonyl (C=O) groups excluding carboxylic acids is 1. The molecule has 0 aromatic heterocycles. The van der Waals surface area contributed by atoms with Crippen LogP contribution in [0.3, 0.4) is 0 Å². The predicted octanol–water partition coefficient (Wildman–Crippen LogP) is 2.46. The van der Waals surface area contributed by atoms with Gasteiger partial charge in [-0.25, -0.2) is 0 Å². The van der Waals surface area contributed by atoms with Crippen molar-refractivity contribution in [2.45, 2.75) is 26.7 Å². The molecule has 1 rings (SSSR count). The van der Waals surface area contributed by atoms with Crippen LogP contribution in [0.15, 0.2) is 18.2 Å². The van der Waals surface area contributed by atoms with Crippen molar-refractivity contribution in [3.8, 4) is 5.75 Å². The summed E-state index contributed by atoms with van der Waals surface area (Å²) >= 11 is 0. The highest BCUT2D eigenvalue weighted by atomic mass is 16.5. The maximum absolute atomic E-state index is 11.6. The molecule has 0 unspecified atom stereocenters. The van der Waals surface area contributed by atoms with E-state index in [1.54, 1.807) is 25.1 Å². The van der Waals surface area contributed by atoms with Gasteiger partial charge in [0.2, 0.25) is 5.91 Å². The van der Waals surface area contributed by atoms with E-state index in [2.05, 4.69) is 5.32 Å². The topological polar surface area (TPSA) is 58.6 Å². The van der Waals surface area contributed by atoms with Crippen molar-refractivity contribution in [1.82, 2.24) is 0 Å². The van der Waals surface area contributed by atoms with Crippen LogP contribution in [0.2, 0.25) is 0 Å². The first kappa shape index (κ1) is 13.5. The molecule has 0 spiro atoms. The molecule has 0 aliphatic rings. The molecular weight excluding hydrogens is 218 g/mol. The van der Waals surface area contributed by atoms with Crippen LogP contribution < -0.4 is 5.32 Å². The molecule has 0 heterocycles. The first-order chi connectivity index (χ1) is 8.15. The minimum Gasteiger partial charge on any atom is -0.508 e. The molecule has 0 saturated heterocycles. The van der Waals surface area contributed by atoms with Crippen LogP contribution in [0.25, 0.3) is 0 Å². The van der Waals surface area contributed by atoms with Crippen LogP contribution >= 0.6 is 0 Å². The molecule has 0 saturated carbocycles. The van der Waals surface area contributed by atoms with Gasteiger partial charge in [0.1, 0.15) is 5.75 Å². The summed E-state index contributed by atoms with van der Waals surface area (Å²) in [4.78, 5) is 11.6. The van der Waals surface area contributed by atoms with E-state index >= 15 is 0 Å². The van der Waals surface area contributed by atoms with Gasteiger partial charge < -0.3 is 15.2 Å². The number of hydrogen-bond acceptors (Lipinski definition) is 3. The van der Waals surface area contributed by atoms with Crippen molar-refractivity contribution < 1.29 is 14.6 Å². The van der Waals surface area contributed by atoms with E-state index < -0.39 is 0 Å². The summed E-state index contributed by atoms with van der Waals surface area (Å²) in [5, 5.41) is 12.2. The third-order valence-corrected chi connectivity index (χ3v) is 2.40. The smallest absolute Gasteiger partial charge is 0.226 e. The number of anilines is 1. The van der Waals surface area contributed by atoms with Gasteiger partial charge in [-0.2, -0.15) is 0 Å². The molecule has 0 aliphatic heterocycles. The number of aromatic hydroxyl groups is 1. The summed E-state index contributed by atoms with van der Waals surface area (Å²) in [6, 6.07) is 5.06. The number of hydrogen-bond donors (Lipinski definition) is 2.